The molecule has 0 radical (unpaired) electrons. The molecule has 1 aromatic heterocycles. The van der Waals surface area contributed by atoms with Crippen molar-refractivity contribution in [1.29, 1.82) is 0 Å². The molecule has 3 aromatic carbocycles. The predicted molar refractivity (Wildman–Crippen MR) is 151 cm³/mol. The number of hydrogen-bond acceptors (Lipinski definition) is 6. The molecule has 6 nitrogen and oxygen atoms in total. The van der Waals surface area contributed by atoms with E-state index in [9.17, 15) is 13.6 Å². The van der Waals surface area contributed by atoms with Gasteiger partial charge in [-0.2, -0.15) is 0 Å². The van der Waals surface area contributed by atoms with Gasteiger partial charge in [0.25, 0.3) is 6.43 Å². The Hall–Kier alpha value is -3.88. The number of pyridine rings is 1. The SMILES string of the molecule is COc1ccc([C@H](Cc2c(Cl)cncc2Cl)OC(=O)c2ccc(CNc3cccc(C(F)F)c3)cc2)cc1OC. The molecule has 40 heavy (non-hydrogen) atoms. The van der Waals surface area contributed by atoms with E-state index in [4.69, 9.17) is 37.4 Å². The van der Waals surface area contributed by atoms with Crippen molar-refractivity contribution in [3.63, 3.8) is 0 Å². The van der Waals surface area contributed by atoms with E-state index < -0.39 is 18.5 Å². The van der Waals surface area contributed by atoms with Crippen LogP contribution in [0.25, 0.3) is 0 Å². The fourth-order valence-electron chi connectivity index (χ4n) is 4.04. The zero-order valence-electron chi connectivity index (χ0n) is 21.7. The largest absolute Gasteiger partial charge is 0.493 e. The van der Waals surface area contributed by atoms with Crippen LogP contribution in [0.2, 0.25) is 10.0 Å². The molecule has 0 amide bonds. The maximum atomic E-state index is 13.2. The van der Waals surface area contributed by atoms with Crippen LogP contribution in [-0.4, -0.2) is 25.2 Å². The summed E-state index contributed by atoms with van der Waals surface area (Å²) in [4.78, 5) is 17.2. The number of nitrogens with zero attached hydrogens (tertiary/aromatic N) is 1. The molecule has 0 saturated carbocycles. The molecule has 1 atom stereocenters. The molecular formula is C30H26Cl2F2N2O4. The summed E-state index contributed by atoms with van der Waals surface area (Å²) in [6.45, 7) is 0.384. The minimum Gasteiger partial charge on any atom is -0.493 e. The van der Waals surface area contributed by atoms with Gasteiger partial charge in [0, 0.05) is 36.6 Å². The normalized spacial score (nSPS) is 11.7. The smallest absolute Gasteiger partial charge is 0.338 e. The summed E-state index contributed by atoms with van der Waals surface area (Å²) in [6.07, 6.45) is -0.144. The maximum Gasteiger partial charge on any atom is 0.338 e. The number of carbonyl (C=O) groups is 1. The molecular weight excluding hydrogens is 561 g/mol. The Labute approximate surface area is 240 Å². The number of carbonyl (C=O) groups excluding carboxylic acids is 1. The van der Waals surface area contributed by atoms with Gasteiger partial charge in [-0.25, -0.2) is 13.6 Å². The summed E-state index contributed by atoms with van der Waals surface area (Å²) in [5, 5.41) is 3.82. The standard InChI is InChI=1S/C30H26Cl2F2N2O4/c1-38-26-11-10-20(13-28(26)39-2)27(14-23-24(31)16-35-17-25(23)32)40-30(37)19-8-6-18(7-9-19)15-36-22-5-3-4-21(12-22)29(33)34/h3-13,16-17,27,29,36H,14-15H2,1-2H3/t27-/m0/s1. The van der Waals surface area contributed by atoms with Gasteiger partial charge in [0.1, 0.15) is 6.10 Å². The summed E-state index contributed by atoms with van der Waals surface area (Å²) in [7, 11) is 3.05. The fraction of sp³-hybridized carbons (Fsp3) is 0.200. The third kappa shape index (κ3) is 7.20. The summed E-state index contributed by atoms with van der Waals surface area (Å²) in [5.74, 6) is 0.454. The lowest BCUT2D eigenvalue weighted by atomic mass is 10.0. The second kappa shape index (κ2) is 13.5. The molecule has 0 aliphatic carbocycles. The van der Waals surface area contributed by atoms with Crippen LogP contribution in [0.4, 0.5) is 14.5 Å². The average molecular weight is 587 g/mol. The van der Waals surface area contributed by atoms with Gasteiger partial charge < -0.3 is 19.5 Å². The number of aromatic nitrogens is 1. The Morgan fingerprint density at radius 3 is 2.25 bits per heavy atom. The minimum atomic E-state index is -2.54. The summed E-state index contributed by atoms with van der Waals surface area (Å²) >= 11 is 12.7. The lowest BCUT2D eigenvalue weighted by molar-refractivity contribution is 0.0297. The monoisotopic (exact) mass is 586 g/mol. The highest BCUT2D eigenvalue weighted by atomic mass is 35.5. The van der Waals surface area contributed by atoms with Crippen LogP contribution < -0.4 is 14.8 Å². The van der Waals surface area contributed by atoms with Gasteiger partial charge in [-0.05, 0) is 53.1 Å². The second-order valence-corrected chi connectivity index (χ2v) is 9.59. The molecule has 0 saturated heterocycles. The van der Waals surface area contributed by atoms with Crippen LogP contribution >= 0.6 is 23.2 Å². The highest BCUT2D eigenvalue weighted by Crippen LogP contribution is 2.35. The lowest BCUT2D eigenvalue weighted by Crippen LogP contribution is -2.15. The van der Waals surface area contributed by atoms with Crippen molar-refractivity contribution >= 4 is 34.9 Å². The summed E-state index contributed by atoms with van der Waals surface area (Å²) < 4.78 is 42.6. The van der Waals surface area contributed by atoms with Crippen molar-refractivity contribution in [1.82, 2.24) is 4.98 Å². The highest BCUT2D eigenvalue weighted by Gasteiger charge is 2.23. The van der Waals surface area contributed by atoms with Crippen molar-refractivity contribution in [2.75, 3.05) is 19.5 Å². The first kappa shape index (κ1) is 29.1. The molecule has 1 N–H and O–H groups in total. The Kier molecular flexibility index (Phi) is 9.79. The molecule has 0 unspecified atom stereocenters. The zero-order chi connectivity index (χ0) is 28.6. The number of methoxy groups -OCH3 is 2. The van der Waals surface area contributed by atoms with Gasteiger partial charge in [0.05, 0.1) is 29.8 Å². The predicted octanol–water partition coefficient (Wildman–Crippen LogP) is 8.10. The van der Waals surface area contributed by atoms with E-state index in [1.165, 1.54) is 38.7 Å². The lowest BCUT2D eigenvalue weighted by Gasteiger charge is -2.21. The number of esters is 1. The van der Waals surface area contributed by atoms with Crippen LogP contribution in [0.5, 0.6) is 11.5 Å². The van der Waals surface area contributed by atoms with E-state index in [1.54, 1.807) is 54.6 Å². The molecule has 0 spiro atoms. The average Bonchev–Trinajstić information content (AvgIpc) is 2.97. The number of alkyl halides is 2. The van der Waals surface area contributed by atoms with Crippen LogP contribution in [-0.2, 0) is 17.7 Å². The quantitative estimate of drug-likeness (QED) is 0.179. The number of hydrogen-bond donors (Lipinski definition) is 1. The Morgan fingerprint density at radius 1 is 0.900 bits per heavy atom. The van der Waals surface area contributed by atoms with Crippen LogP contribution in [0.3, 0.4) is 0 Å². The van der Waals surface area contributed by atoms with E-state index in [0.29, 0.717) is 50.5 Å². The first-order valence-electron chi connectivity index (χ1n) is 12.2. The van der Waals surface area contributed by atoms with E-state index >= 15 is 0 Å². The van der Waals surface area contributed by atoms with E-state index in [2.05, 4.69) is 10.3 Å². The van der Waals surface area contributed by atoms with Crippen LogP contribution in [0.15, 0.2) is 79.1 Å². The minimum absolute atomic E-state index is 0.0542. The van der Waals surface area contributed by atoms with Crippen LogP contribution in [0.1, 0.15) is 45.1 Å². The molecule has 0 fully saturated rings. The highest BCUT2D eigenvalue weighted by molar-refractivity contribution is 6.35. The first-order valence-corrected chi connectivity index (χ1v) is 13.0. The molecule has 0 aliphatic heterocycles. The molecule has 0 aliphatic rings. The van der Waals surface area contributed by atoms with Gasteiger partial charge >= 0.3 is 5.97 Å². The third-order valence-corrected chi connectivity index (χ3v) is 6.85. The maximum absolute atomic E-state index is 13.2. The molecule has 0 bridgehead atoms. The zero-order valence-corrected chi connectivity index (χ0v) is 23.2. The van der Waals surface area contributed by atoms with Crippen molar-refractivity contribution < 1.29 is 27.8 Å². The van der Waals surface area contributed by atoms with Crippen molar-refractivity contribution in [2.45, 2.75) is 25.5 Å². The second-order valence-electron chi connectivity index (χ2n) is 8.77. The number of benzene rings is 3. The first-order chi connectivity index (χ1) is 19.3. The van der Waals surface area contributed by atoms with E-state index in [-0.39, 0.29) is 12.0 Å². The molecule has 1 heterocycles. The Morgan fingerprint density at radius 2 is 1.60 bits per heavy atom. The molecule has 208 valence electrons. The van der Waals surface area contributed by atoms with Crippen molar-refractivity contribution in [2.24, 2.45) is 0 Å². The molecule has 10 heteroatoms. The number of ether oxygens (including phenoxy) is 3. The number of halogens is 4. The van der Waals surface area contributed by atoms with Crippen LogP contribution in [0, 0.1) is 0 Å². The van der Waals surface area contributed by atoms with Crippen molar-refractivity contribution in [3.8, 4) is 11.5 Å². The van der Waals surface area contributed by atoms with Gasteiger partial charge in [0.2, 0.25) is 0 Å². The summed E-state index contributed by atoms with van der Waals surface area (Å²) in [6, 6.07) is 18.1. The molecule has 4 rings (SSSR count). The Bertz CT molecular complexity index is 1450. The van der Waals surface area contributed by atoms with Gasteiger partial charge in [-0.1, -0.05) is 53.5 Å². The fourth-order valence-corrected chi connectivity index (χ4v) is 4.56. The van der Waals surface area contributed by atoms with Crippen molar-refractivity contribution in [3.05, 3.63) is 117 Å². The van der Waals surface area contributed by atoms with Gasteiger partial charge in [0.15, 0.2) is 11.5 Å². The number of rotatable bonds is 11. The third-order valence-electron chi connectivity index (χ3n) is 6.20. The van der Waals surface area contributed by atoms with E-state index in [0.717, 1.165) is 5.56 Å². The topological polar surface area (TPSA) is 69.7 Å². The number of nitrogens with one attached hydrogen (secondary N) is 1. The summed E-state index contributed by atoms with van der Waals surface area (Å²) in [5.41, 5.74) is 2.95. The van der Waals surface area contributed by atoms with E-state index in [1.807, 2.05) is 0 Å². The molecule has 4 aromatic rings. The number of anilines is 1. The Balaban J connectivity index is 1.52. The van der Waals surface area contributed by atoms with Gasteiger partial charge in [-0.15, -0.1) is 0 Å². The van der Waals surface area contributed by atoms with Gasteiger partial charge in [-0.3, -0.25) is 4.98 Å².